The van der Waals surface area contributed by atoms with Crippen molar-refractivity contribution in [1.82, 2.24) is 30.5 Å². The van der Waals surface area contributed by atoms with Crippen LogP contribution in [-0.4, -0.2) is 49.5 Å². The summed E-state index contributed by atoms with van der Waals surface area (Å²) in [7, 11) is 0. The summed E-state index contributed by atoms with van der Waals surface area (Å²) in [4.78, 5) is 14.2. The van der Waals surface area contributed by atoms with Gasteiger partial charge >= 0.3 is 0 Å². The fraction of sp³-hybridized carbons (Fsp3) is 0.250. The normalized spacial score (nSPS) is 14.3. The van der Waals surface area contributed by atoms with Crippen molar-refractivity contribution in [1.29, 1.82) is 0 Å². The lowest BCUT2D eigenvalue weighted by atomic mass is 10.0. The number of rotatable bonds is 2. The zero-order valence-electron chi connectivity index (χ0n) is 12.5. The summed E-state index contributed by atoms with van der Waals surface area (Å²) in [5, 5.41) is 17.7. The third-order valence-corrected chi connectivity index (χ3v) is 4.18. The Morgan fingerprint density at radius 2 is 1.91 bits per heavy atom. The van der Waals surface area contributed by atoms with Gasteiger partial charge < -0.3 is 4.90 Å². The molecule has 1 aliphatic rings. The highest BCUT2D eigenvalue weighted by atomic mass is 16.2. The minimum atomic E-state index is -0.0851. The maximum atomic E-state index is 12.4. The number of nitrogens with one attached hydrogen (secondary N) is 2. The average molecular weight is 308 g/mol. The molecule has 4 rings (SSSR count). The Kier molecular flexibility index (Phi) is 3.38. The number of amides is 1. The number of carbonyl (C=O) groups is 1. The third-order valence-electron chi connectivity index (χ3n) is 4.18. The zero-order valence-corrected chi connectivity index (χ0v) is 12.5. The monoisotopic (exact) mass is 308 g/mol. The highest BCUT2D eigenvalue weighted by Gasteiger charge is 2.24. The van der Waals surface area contributed by atoms with Gasteiger partial charge in [0, 0.05) is 36.3 Å². The summed E-state index contributed by atoms with van der Waals surface area (Å²) in [5.41, 5.74) is 4.75. The molecule has 0 saturated heterocycles. The van der Waals surface area contributed by atoms with Crippen molar-refractivity contribution < 1.29 is 4.79 Å². The lowest BCUT2D eigenvalue weighted by Crippen LogP contribution is -2.33. The summed E-state index contributed by atoms with van der Waals surface area (Å²) in [5.74, 6) is -0.0851. The summed E-state index contributed by atoms with van der Waals surface area (Å²) in [6.07, 6.45) is 3.00. The first-order valence-corrected chi connectivity index (χ1v) is 7.59. The van der Waals surface area contributed by atoms with E-state index in [2.05, 4.69) is 37.7 Å². The molecule has 1 aliphatic heterocycles. The van der Waals surface area contributed by atoms with Crippen molar-refractivity contribution >= 4 is 5.91 Å². The first kappa shape index (κ1) is 13.7. The van der Waals surface area contributed by atoms with Gasteiger partial charge in [-0.25, -0.2) is 0 Å². The minimum absolute atomic E-state index is 0.0851. The van der Waals surface area contributed by atoms with Crippen molar-refractivity contribution in [2.45, 2.75) is 12.8 Å². The number of hydrogen-bond donors (Lipinski definition) is 2. The van der Waals surface area contributed by atoms with Gasteiger partial charge in [0.15, 0.2) is 5.69 Å². The standard InChI is InChI=1S/C16H16N6O/c23-16(14-10-17-21-19-14)22-8-6-12-13(7-9-22)18-20-15(12)11-4-2-1-3-5-11/h1-5,10H,6-9H2,(H,18,20)(H,17,19,21). The molecule has 116 valence electrons. The van der Waals surface area contributed by atoms with Gasteiger partial charge in [0.2, 0.25) is 0 Å². The number of H-pyrrole nitrogens is 2. The molecule has 0 fully saturated rings. The Morgan fingerprint density at radius 1 is 1.09 bits per heavy atom. The molecule has 0 saturated carbocycles. The summed E-state index contributed by atoms with van der Waals surface area (Å²) in [6.45, 7) is 1.30. The van der Waals surface area contributed by atoms with E-state index in [0.29, 0.717) is 18.8 Å². The van der Waals surface area contributed by atoms with E-state index in [0.717, 1.165) is 29.8 Å². The molecule has 0 radical (unpaired) electrons. The molecule has 0 atom stereocenters. The molecule has 23 heavy (non-hydrogen) atoms. The van der Waals surface area contributed by atoms with Crippen LogP contribution < -0.4 is 0 Å². The van der Waals surface area contributed by atoms with Gasteiger partial charge in [0.1, 0.15) is 0 Å². The number of nitrogens with zero attached hydrogens (tertiary/aromatic N) is 4. The smallest absolute Gasteiger partial charge is 0.276 e. The van der Waals surface area contributed by atoms with Crippen LogP contribution in [0.25, 0.3) is 11.3 Å². The number of carbonyl (C=O) groups excluding carboxylic acids is 1. The number of fused-ring (bicyclic) bond motifs is 1. The maximum absolute atomic E-state index is 12.4. The molecule has 0 spiro atoms. The van der Waals surface area contributed by atoms with Crippen LogP contribution in [0, 0.1) is 0 Å². The quantitative estimate of drug-likeness (QED) is 0.749. The van der Waals surface area contributed by atoms with Crippen molar-refractivity contribution in [2.75, 3.05) is 13.1 Å². The number of benzene rings is 1. The van der Waals surface area contributed by atoms with E-state index in [4.69, 9.17) is 0 Å². The van der Waals surface area contributed by atoms with E-state index in [1.54, 1.807) is 0 Å². The largest absolute Gasteiger partial charge is 0.336 e. The van der Waals surface area contributed by atoms with E-state index in [9.17, 15) is 4.79 Å². The van der Waals surface area contributed by atoms with Crippen LogP contribution in [0.2, 0.25) is 0 Å². The number of aromatic nitrogens is 5. The Morgan fingerprint density at radius 3 is 2.70 bits per heavy atom. The minimum Gasteiger partial charge on any atom is -0.336 e. The van der Waals surface area contributed by atoms with Gasteiger partial charge in [-0.3, -0.25) is 9.89 Å². The second-order valence-corrected chi connectivity index (χ2v) is 5.54. The Hall–Kier alpha value is -2.96. The van der Waals surface area contributed by atoms with Gasteiger partial charge in [0.25, 0.3) is 5.91 Å². The molecule has 0 unspecified atom stereocenters. The highest BCUT2D eigenvalue weighted by Crippen LogP contribution is 2.26. The molecule has 2 aromatic heterocycles. The molecular weight excluding hydrogens is 292 g/mol. The fourth-order valence-electron chi connectivity index (χ4n) is 2.99. The zero-order chi connectivity index (χ0) is 15.6. The molecule has 7 nitrogen and oxygen atoms in total. The van der Waals surface area contributed by atoms with E-state index in [1.807, 2.05) is 23.1 Å². The molecule has 1 amide bonds. The summed E-state index contributed by atoms with van der Waals surface area (Å²) < 4.78 is 0. The van der Waals surface area contributed by atoms with Crippen LogP contribution in [0.15, 0.2) is 36.5 Å². The average Bonchev–Trinajstić information content (AvgIpc) is 3.21. The van der Waals surface area contributed by atoms with Crippen LogP contribution in [0.4, 0.5) is 0 Å². The third kappa shape index (κ3) is 2.50. The van der Waals surface area contributed by atoms with E-state index in [-0.39, 0.29) is 5.91 Å². The van der Waals surface area contributed by atoms with E-state index >= 15 is 0 Å². The highest BCUT2D eigenvalue weighted by molar-refractivity contribution is 5.92. The molecule has 0 bridgehead atoms. The van der Waals surface area contributed by atoms with Crippen molar-refractivity contribution in [2.24, 2.45) is 0 Å². The van der Waals surface area contributed by atoms with Gasteiger partial charge in [-0.15, -0.1) is 0 Å². The van der Waals surface area contributed by atoms with Gasteiger partial charge in [0.05, 0.1) is 11.9 Å². The molecule has 1 aromatic carbocycles. The molecule has 3 aromatic rings. The predicted octanol–water partition coefficient (Wildman–Crippen LogP) is 1.44. The Labute approximate surface area is 132 Å². The Balaban J connectivity index is 1.58. The Bertz CT molecular complexity index is 808. The number of hydrogen-bond acceptors (Lipinski definition) is 4. The lowest BCUT2D eigenvalue weighted by Gasteiger charge is -2.18. The van der Waals surface area contributed by atoms with E-state index in [1.165, 1.54) is 11.8 Å². The van der Waals surface area contributed by atoms with Crippen molar-refractivity contribution in [3.8, 4) is 11.3 Å². The molecule has 0 aliphatic carbocycles. The van der Waals surface area contributed by atoms with Crippen LogP contribution in [0.5, 0.6) is 0 Å². The summed E-state index contributed by atoms with van der Waals surface area (Å²) in [6, 6.07) is 10.1. The van der Waals surface area contributed by atoms with Gasteiger partial charge in [-0.05, 0) is 6.42 Å². The van der Waals surface area contributed by atoms with Crippen LogP contribution in [0.1, 0.15) is 21.7 Å². The second-order valence-electron chi connectivity index (χ2n) is 5.54. The lowest BCUT2D eigenvalue weighted by molar-refractivity contribution is 0.0757. The molecular formula is C16H16N6O. The van der Waals surface area contributed by atoms with E-state index < -0.39 is 0 Å². The SMILES string of the molecule is O=C(c1cn[nH]n1)N1CCc2[nH]nc(-c3ccccc3)c2CC1. The molecule has 3 heterocycles. The second kappa shape index (κ2) is 5.68. The van der Waals surface area contributed by atoms with Gasteiger partial charge in [-0.1, -0.05) is 30.3 Å². The first-order valence-electron chi connectivity index (χ1n) is 7.59. The molecule has 7 heteroatoms. The maximum Gasteiger partial charge on any atom is 0.276 e. The predicted molar refractivity (Wildman–Crippen MR) is 83.7 cm³/mol. The summed E-state index contributed by atoms with van der Waals surface area (Å²) >= 11 is 0. The van der Waals surface area contributed by atoms with Crippen LogP contribution >= 0.6 is 0 Å². The van der Waals surface area contributed by atoms with Crippen LogP contribution in [0.3, 0.4) is 0 Å². The molecule has 2 N–H and O–H groups in total. The van der Waals surface area contributed by atoms with Crippen molar-refractivity contribution in [3.05, 3.63) is 53.5 Å². The van der Waals surface area contributed by atoms with Crippen molar-refractivity contribution in [3.63, 3.8) is 0 Å². The van der Waals surface area contributed by atoms with Crippen LogP contribution in [-0.2, 0) is 12.8 Å². The van der Waals surface area contributed by atoms with Gasteiger partial charge in [-0.2, -0.15) is 20.5 Å². The topological polar surface area (TPSA) is 90.6 Å². The fourth-order valence-corrected chi connectivity index (χ4v) is 2.99. The first-order chi connectivity index (χ1) is 11.3. The number of aromatic amines is 2.